The zero-order valence-corrected chi connectivity index (χ0v) is 16.1. The topological polar surface area (TPSA) is 113 Å². The van der Waals surface area contributed by atoms with Crippen molar-refractivity contribution in [3.8, 4) is 11.5 Å². The molecule has 152 valence electrons. The van der Waals surface area contributed by atoms with Crippen LogP contribution < -0.4 is 9.47 Å². The van der Waals surface area contributed by atoms with Crippen LogP contribution in [0, 0.1) is 10.1 Å². The fourth-order valence-electron chi connectivity index (χ4n) is 2.59. The third-order valence-corrected chi connectivity index (χ3v) is 4.11. The molecule has 0 spiro atoms. The molecular weight excluding hydrogens is 390 g/mol. The maximum Gasteiger partial charge on any atom is 0.366 e. The minimum Gasteiger partial charge on any atom is -0.497 e. The van der Waals surface area contributed by atoms with E-state index in [0.717, 1.165) is 0 Å². The van der Waals surface area contributed by atoms with Gasteiger partial charge in [-0.3, -0.25) is 15.1 Å². The average molecular weight is 407 g/mol. The molecule has 0 N–H and O–H groups in total. The van der Waals surface area contributed by atoms with Crippen molar-refractivity contribution in [2.75, 3.05) is 14.2 Å². The number of hydrogen-bond donors (Lipinski definition) is 0. The molecule has 3 rings (SSSR count). The largest absolute Gasteiger partial charge is 0.497 e. The molecule has 0 saturated carbocycles. The third-order valence-electron chi connectivity index (χ3n) is 4.11. The quantitative estimate of drug-likeness (QED) is 0.254. The highest BCUT2D eigenvalue weighted by molar-refractivity contribution is 6.13. The van der Waals surface area contributed by atoms with Crippen LogP contribution in [0.25, 0.3) is 0 Å². The van der Waals surface area contributed by atoms with Crippen LogP contribution in [0.1, 0.15) is 21.5 Å². The zero-order valence-electron chi connectivity index (χ0n) is 16.1. The second kappa shape index (κ2) is 9.28. The third kappa shape index (κ3) is 4.76. The molecule has 1 aromatic heterocycles. The Balaban J connectivity index is 1.94. The molecule has 0 atom stereocenters. The van der Waals surface area contributed by atoms with Crippen LogP contribution >= 0.6 is 0 Å². The monoisotopic (exact) mass is 407 g/mol. The molecule has 0 aliphatic rings. The fraction of sp³-hybridized carbons (Fsp3) is 0.0952. The van der Waals surface area contributed by atoms with Crippen molar-refractivity contribution in [1.82, 2.24) is 4.98 Å². The van der Waals surface area contributed by atoms with Crippen molar-refractivity contribution in [3.63, 3.8) is 0 Å². The maximum absolute atomic E-state index is 12.5. The minimum atomic E-state index is -0.722. The standard InChI is InChI=1S/C21H17N3O6/c1-28-18-11-16(12-19(13-18)29-2)21(25)30-23-20(15-7-9-22-10-8-15)14-3-5-17(6-4-14)24(26)27/h3-13H,1-2H3/b23-20-. The molecule has 0 fully saturated rings. The van der Waals surface area contributed by atoms with Gasteiger partial charge in [0.2, 0.25) is 0 Å². The molecule has 0 amide bonds. The molecule has 0 unspecified atom stereocenters. The summed E-state index contributed by atoms with van der Waals surface area (Å²) in [5.74, 6) is 0.130. The lowest BCUT2D eigenvalue weighted by atomic mass is 10.0. The van der Waals surface area contributed by atoms with Crippen molar-refractivity contribution < 1.29 is 24.0 Å². The molecule has 9 nitrogen and oxygen atoms in total. The number of hydrogen-bond acceptors (Lipinski definition) is 8. The lowest BCUT2D eigenvalue weighted by Gasteiger charge is -2.08. The van der Waals surface area contributed by atoms with E-state index in [4.69, 9.17) is 14.3 Å². The van der Waals surface area contributed by atoms with Crippen molar-refractivity contribution in [2.45, 2.75) is 0 Å². The first-order valence-corrected chi connectivity index (χ1v) is 8.69. The zero-order chi connectivity index (χ0) is 21.5. The summed E-state index contributed by atoms with van der Waals surface area (Å²) in [6.45, 7) is 0. The summed E-state index contributed by atoms with van der Waals surface area (Å²) >= 11 is 0. The number of aromatic nitrogens is 1. The normalized spacial score (nSPS) is 10.9. The summed E-state index contributed by atoms with van der Waals surface area (Å²) in [4.78, 5) is 32.1. The Morgan fingerprint density at radius 2 is 1.47 bits per heavy atom. The summed E-state index contributed by atoms with van der Waals surface area (Å²) in [5.41, 5.74) is 1.59. The summed E-state index contributed by atoms with van der Waals surface area (Å²) in [5, 5.41) is 14.9. The maximum atomic E-state index is 12.5. The van der Waals surface area contributed by atoms with E-state index in [9.17, 15) is 14.9 Å². The molecule has 2 aromatic carbocycles. The van der Waals surface area contributed by atoms with E-state index in [1.54, 1.807) is 30.6 Å². The van der Waals surface area contributed by atoms with Crippen molar-refractivity contribution in [2.24, 2.45) is 5.16 Å². The van der Waals surface area contributed by atoms with Crippen LogP contribution in [-0.2, 0) is 4.84 Å². The Morgan fingerprint density at radius 1 is 0.900 bits per heavy atom. The molecular formula is C21H17N3O6. The molecule has 0 saturated heterocycles. The van der Waals surface area contributed by atoms with Crippen LogP contribution in [-0.4, -0.2) is 35.8 Å². The van der Waals surface area contributed by atoms with Gasteiger partial charge >= 0.3 is 5.97 Å². The summed E-state index contributed by atoms with van der Waals surface area (Å²) < 4.78 is 10.3. The van der Waals surface area contributed by atoms with Gasteiger partial charge in [-0.1, -0.05) is 5.16 Å². The number of benzene rings is 2. The number of ether oxygens (including phenoxy) is 2. The van der Waals surface area contributed by atoms with Crippen LogP contribution in [0.3, 0.4) is 0 Å². The molecule has 30 heavy (non-hydrogen) atoms. The first-order chi connectivity index (χ1) is 14.5. The Morgan fingerprint density at radius 3 is 2.00 bits per heavy atom. The fourth-order valence-corrected chi connectivity index (χ4v) is 2.59. The number of carbonyl (C=O) groups excluding carboxylic acids is 1. The van der Waals surface area contributed by atoms with Gasteiger partial charge < -0.3 is 14.3 Å². The number of nitro benzene ring substituents is 1. The van der Waals surface area contributed by atoms with E-state index in [1.807, 2.05) is 0 Å². The summed E-state index contributed by atoms with van der Waals surface area (Å²) in [6.07, 6.45) is 3.12. The van der Waals surface area contributed by atoms with Crippen molar-refractivity contribution in [1.29, 1.82) is 0 Å². The van der Waals surface area contributed by atoms with Crippen LogP contribution in [0.5, 0.6) is 11.5 Å². The first kappa shape index (κ1) is 20.5. The van der Waals surface area contributed by atoms with E-state index in [2.05, 4.69) is 10.1 Å². The Kier molecular flexibility index (Phi) is 6.33. The van der Waals surface area contributed by atoms with Crippen LogP contribution in [0.4, 0.5) is 5.69 Å². The lowest BCUT2D eigenvalue weighted by Crippen LogP contribution is -2.08. The Bertz CT molecular complexity index is 1060. The number of non-ortho nitro benzene ring substituents is 1. The van der Waals surface area contributed by atoms with E-state index >= 15 is 0 Å². The minimum absolute atomic E-state index is 0.0618. The average Bonchev–Trinajstić information content (AvgIpc) is 2.79. The lowest BCUT2D eigenvalue weighted by molar-refractivity contribution is -0.384. The predicted molar refractivity (Wildman–Crippen MR) is 108 cm³/mol. The SMILES string of the molecule is COc1cc(OC)cc(C(=O)O/N=C(\c2ccncc2)c2ccc([N+](=O)[O-])cc2)c1. The van der Waals surface area contributed by atoms with Gasteiger partial charge in [-0.15, -0.1) is 0 Å². The smallest absolute Gasteiger partial charge is 0.366 e. The molecule has 0 radical (unpaired) electrons. The van der Waals surface area contributed by atoms with Gasteiger partial charge in [-0.25, -0.2) is 4.79 Å². The number of oxime groups is 1. The number of rotatable bonds is 7. The first-order valence-electron chi connectivity index (χ1n) is 8.69. The Hall–Kier alpha value is -4.27. The molecule has 0 aliphatic heterocycles. The molecule has 3 aromatic rings. The molecule has 0 bridgehead atoms. The van der Waals surface area contributed by atoms with Crippen LogP contribution in [0.2, 0.25) is 0 Å². The number of methoxy groups -OCH3 is 2. The predicted octanol–water partition coefficient (Wildman–Crippen LogP) is 3.62. The second-order valence-corrected chi connectivity index (χ2v) is 5.96. The van der Waals surface area contributed by atoms with E-state index in [-0.39, 0.29) is 11.3 Å². The summed E-state index contributed by atoms with van der Waals surface area (Å²) in [7, 11) is 2.94. The molecule has 0 aliphatic carbocycles. The number of nitro groups is 1. The van der Waals surface area contributed by atoms with Gasteiger partial charge in [0.1, 0.15) is 17.2 Å². The molecule has 1 heterocycles. The van der Waals surface area contributed by atoms with Gasteiger partial charge in [0.05, 0.1) is 24.7 Å². The van der Waals surface area contributed by atoms with E-state index < -0.39 is 10.9 Å². The van der Waals surface area contributed by atoms with Gasteiger partial charge in [-0.05, 0) is 36.4 Å². The van der Waals surface area contributed by atoms with Gasteiger partial charge in [0, 0.05) is 41.7 Å². The van der Waals surface area contributed by atoms with Gasteiger partial charge in [0.25, 0.3) is 5.69 Å². The molecule has 9 heteroatoms. The van der Waals surface area contributed by atoms with Gasteiger partial charge in [0.15, 0.2) is 0 Å². The van der Waals surface area contributed by atoms with Crippen molar-refractivity contribution >= 4 is 17.4 Å². The van der Waals surface area contributed by atoms with Gasteiger partial charge in [-0.2, -0.15) is 0 Å². The van der Waals surface area contributed by atoms with Crippen LogP contribution in [0.15, 0.2) is 72.1 Å². The number of pyridine rings is 1. The Labute approximate surface area is 171 Å². The highest BCUT2D eigenvalue weighted by Crippen LogP contribution is 2.23. The number of carbonyl (C=O) groups is 1. The number of nitrogens with zero attached hydrogens (tertiary/aromatic N) is 3. The highest BCUT2D eigenvalue weighted by atomic mass is 16.7. The van der Waals surface area contributed by atoms with E-state index in [0.29, 0.717) is 28.3 Å². The highest BCUT2D eigenvalue weighted by Gasteiger charge is 2.15. The van der Waals surface area contributed by atoms with Crippen molar-refractivity contribution in [3.05, 3.63) is 93.8 Å². The summed E-state index contributed by atoms with van der Waals surface area (Å²) in [6, 6.07) is 13.7. The van der Waals surface area contributed by atoms with E-state index in [1.165, 1.54) is 50.6 Å². The second-order valence-electron chi connectivity index (χ2n) is 5.96.